The highest BCUT2D eigenvalue weighted by Gasteiger charge is 2.23. The summed E-state index contributed by atoms with van der Waals surface area (Å²) in [7, 11) is 1.33. The van der Waals surface area contributed by atoms with Crippen LogP contribution in [0.2, 0.25) is 5.02 Å². The Morgan fingerprint density at radius 3 is 2.64 bits per heavy atom. The van der Waals surface area contributed by atoms with Crippen LogP contribution >= 0.6 is 11.6 Å². The zero-order valence-corrected chi connectivity index (χ0v) is 24.0. The van der Waals surface area contributed by atoms with Gasteiger partial charge in [0, 0.05) is 56.1 Å². The van der Waals surface area contributed by atoms with E-state index in [9.17, 15) is 14.0 Å². The molecule has 3 heterocycles. The number of methoxy groups -OCH3 is 1. The van der Waals surface area contributed by atoms with Crippen molar-refractivity contribution in [1.29, 1.82) is 0 Å². The van der Waals surface area contributed by atoms with Crippen LogP contribution in [0.5, 0.6) is 5.88 Å². The lowest BCUT2D eigenvalue weighted by molar-refractivity contribution is -0.117. The van der Waals surface area contributed by atoms with Gasteiger partial charge < -0.3 is 29.7 Å². The number of halogens is 2. The van der Waals surface area contributed by atoms with Gasteiger partial charge in [0.25, 0.3) is 0 Å². The second-order valence-corrected chi connectivity index (χ2v) is 10.5. The number of piperazine rings is 1. The van der Waals surface area contributed by atoms with Crippen molar-refractivity contribution >= 4 is 40.5 Å². The summed E-state index contributed by atoms with van der Waals surface area (Å²) < 4.78 is 30.4. The van der Waals surface area contributed by atoms with Gasteiger partial charge in [-0.1, -0.05) is 17.7 Å². The summed E-state index contributed by atoms with van der Waals surface area (Å²) >= 11 is 5.85. The quantitative estimate of drug-likeness (QED) is 0.315. The van der Waals surface area contributed by atoms with Gasteiger partial charge in [-0.2, -0.15) is 0 Å². The molecule has 0 radical (unpaired) electrons. The highest BCUT2D eigenvalue weighted by Crippen LogP contribution is 2.28. The lowest BCUT2D eigenvalue weighted by atomic mass is 10.1. The fourth-order valence-electron chi connectivity index (χ4n) is 4.77. The second-order valence-electron chi connectivity index (χ2n) is 10.1. The second kappa shape index (κ2) is 13.8. The number of hydrogen-bond donors (Lipinski definition) is 2. The number of benzene rings is 2. The third-order valence-electron chi connectivity index (χ3n) is 7.24. The van der Waals surface area contributed by atoms with Crippen LogP contribution in [0, 0.1) is 5.82 Å². The fraction of sp³-hybridized carbons (Fsp3) is 0.367. The summed E-state index contributed by atoms with van der Waals surface area (Å²) in [5.41, 5.74) is 2.81. The Hall–Kier alpha value is -3.93. The topological polar surface area (TPSA) is 105 Å². The number of aromatic nitrogens is 1. The molecule has 2 aromatic carbocycles. The van der Waals surface area contributed by atoms with Crippen LogP contribution in [0.4, 0.5) is 21.5 Å². The van der Waals surface area contributed by atoms with Gasteiger partial charge in [0.05, 0.1) is 42.4 Å². The molecule has 1 atom stereocenters. The predicted molar refractivity (Wildman–Crippen MR) is 158 cm³/mol. The molecule has 10 nitrogen and oxygen atoms in total. The van der Waals surface area contributed by atoms with Crippen molar-refractivity contribution in [1.82, 2.24) is 9.88 Å². The van der Waals surface area contributed by atoms with E-state index in [2.05, 4.69) is 25.4 Å². The Bertz CT molecular complexity index is 1410. The molecule has 3 aromatic rings. The molecule has 2 fully saturated rings. The van der Waals surface area contributed by atoms with E-state index < -0.39 is 11.8 Å². The molecular weight excluding hydrogens is 565 g/mol. The third-order valence-corrected chi connectivity index (χ3v) is 7.47. The van der Waals surface area contributed by atoms with Crippen LogP contribution in [0.1, 0.15) is 22.3 Å². The Morgan fingerprint density at radius 1 is 1.12 bits per heavy atom. The first-order valence-electron chi connectivity index (χ1n) is 13.8. The Kier molecular flexibility index (Phi) is 9.73. The average Bonchev–Trinajstić information content (AvgIpc) is 2.97. The maximum Gasteiger partial charge on any atom is 0.337 e. The average molecular weight is 598 g/mol. The van der Waals surface area contributed by atoms with Crippen molar-refractivity contribution in [2.45, 2.75) is 19.1 Å². The molecule has 2 N–H and O–H groups in total. The maximum atomic E-state index is 14.2. The number of hydrogen-bond acceptors (Lipinski definition) is 9. The summed E-state index contributed by atoms with van der Waals surface area (Å²) in [5.74, 6) is -0.622. The minimum atomic E-state index is -0.451. The zero-order valence-electron chi connectivity index (χ0n) is 23.3. The van der Waals surface area contributed by atoms with E-state index in [1.807, 2.05) is 12.1 Å². The molecule has 5 rings (SSSR count). The molecule has 0 unspecified atom stereocenters. The van der Waals surface area contributed by atoms with Gasteiger partial charge in [0.1, 0.15) is 12.4 Å². The Balaban J connectivity index is 1.16. The van der Waals surface area contributed by atoms with Gasteiger partial charge >= 0.3 is 5.97 Å². The van der Waals surface area contributed by atoms with E-state index in [0.717, 1.165) is 18.7 Å². The monoisotopic (exact) mass is 597 g/mol. The smallest absolute Gasteiger partial charge is 0.337 e. The molecule has 12 heteroatoms. The molecule has 0 saturated carbocycles. The number of esters is 1. The van der Waals surface area contributed by atoms with Gasteiger partial charge in [0.2, 0.25) is 11.8 Å². The van der Waals surface area contributed by atoms with Crippen molar-refractivity contribution in [3.63, 3.8) is 0 Å². The first-order chi connectivity index (χ1) is 20.4. The number of nitrogens with one attached hydrogen (secondary N) is 2. The van der Waals surface area contributed by atoms with Gasteiger partial charge in [-0.05, 0) is 48.9 Å². The number of rotatable bonds is 11. The van der Waals surface area contributed by atoms with Crippen LogP contribution in [0.15, 0.2) is 54.7 Å². The van der Waals surface area contributed by atoms with Crippen LogP contribution < -0.4 is 20.3 Å². The van der Waals surface area contributed by atoms with Crippen molar-refractivity contribution in [3.05, 3.63) is 76.7 Å². The lowest BCUT2D eigenvalue weighted by Gasteiger charge is -2.36. The van der Waals surface area contributed by atoms with E-state index in [4.69, 9.17) is 25.8 Å². The number of carbonyl (C=O) groups is 2. The van der Waals surface area contributed by atoms with Crippen molar-refractivity contribution in [2.24, 2.45) is 0 Å². The van der Waals surface area contributed by atoms with Gasteiger partial charge in [-0.15, -0.1) is 0 Å². The minimum Gasteiger partial charge on any atom is -0.471 e. The minimum absolute atomic E-state index is 0.0261. The van der Waals surface area contributed by atoms with E-state index in [1.54, 1.807) is 36.5 Å². The molecular formula is C30H33ClFN5O5. The van der Waals surface area contributed by atoms with Gasteiger partial charge in [-0.3, -0.25) is 9.69 Å². The largest absolute Gasteiger partial charge is 0.471 e. The first kappa shape index (κ1) is 29.6. The van der Waals surface area contributed by atoms with E-state index in [-0.39, 0.29) is 25.2 Å². The van der Waals surface area contributed by atoms with Gasteiger partial charge in [0.15, 0.2) is 0 Å². The van der Waals surface area contributed by atoms with Crippen molar-refractivity contribution in [3.8, 4) is 5.88 Å². The van der Waals surface area contributed by atoms with E-state index in [0.29, 0.717) is 66.1 Å². The number of pyridine rings is 1. The molecule has 42 heavy (non-hydrogen) atoms. The predicted octanol–water partition coefficient (Wildman–Crippen LogP) is 4.20. The molecule has 2 aliphatic heterocycles. The molecule has 1 amide bonds. The highest BCUT2D eigenvalue weighted by molar-refractivity contribution is 6.30. The molecule has 2 aliphatic rings. The van der Waals surface area contributed by atoms with Crippen LogP contribution in [-0.2, 0) is 20.9 Å². The number of ether oxygens (including phenoxy) is 3. The zero-order chi connectivity index (χ0) is 29.5. The normalized spacial score (nSPS) is 16.8. The summed E-state index contributed by atoms with van der Waals surface area (Å²) in [6.07, 6.45) is 2.71. The Morgan fingerprint density at radius 2 is 1.93 bits per heavy atom. The fourth-order valence-corrected chi connectivity index (χ4v) is 4.93. The van der Waals surface area contributed by atoms with Crippen LogP contribution in [-0.4, -0.2) is 80.8 Å². The van der Waals surface area contributed by atoms with E-state index >= 15 is 0 Å². The standard InChI is InChI=1S/C30H33ClFN5O5/c1-40-30(39)20-5-7-25(26(15-20)34-17-23-8-14-41-23)35-28(38)18-36-10-12-37(13-11-36)27-3-2-9-33-29(27)42-19-21-4-6-22(31)16-24(21)32/h2-7,9,15-16,23,34H,8,10-14,17-19H2,1H3,(H,35,38)/t23-/m0/s1. The Labute approximate surface area is 248 Å². The van der Waals surface area contributed by atoms with Gasteiger partial charge in [-0.25, -0.2) is 14.2 Å². The molecule has 0 spiro atoms. The third kappa shape index (κ3) is 7.47. The van der Waals surface area contributed by atoms with Crippen LogP contribution in [0.25, 0.3) is 0 Å². The molecule has 0 aliphatic carbocycles. The van der Waals surface area contributed by atoms with Crippen molar-refractivity contribution < 1.29 is 28.2 Å². The molecule has 0 bridgehead atoms. The molecule has 2 saturated heterocycles. The SMILES string of the molecule is COC(=O)c1ccc(NC(=O)CN2CCN(c3cccnc3OCc3ccc(Cl)cc3F)CC2)c(NC[C@@H]2CCO2)c1. The highest BCUT2D eigenvalue weighted by atomic mass is 35.5. The summed E-state index contributed by atoms with van der Waals surface area (Å²) in [5, 5.41) is 6.59. The maximum absolute atomic E-state index is 14.2. The number of nitrogens with zero attached hydrogens (tertiary/aromatic N) is 3. The summed E-state index contributed by atoms with van der Waals surface area (Å²) in [6, 6.07) is 13.2. The lowest BCUT2D eigenvalue weighted by Crippen LogP contribution is -2.48. The number of anilines is 3. The van der Waals surface area contributed by atoms with Crippen LogP contribution in [0.3, 0.4) is 0 Å². The summed E-state index contributed by atoms with van der Waals surface area (Å²) in [4.78, 5) is 33.6. The molecule has 222 valence electrons. The first-order valence-corrected chi connectivity index (χ1v) is 14.1. The number of carbonyl (C=O) groups excluding carboxylic acids is 2. The van der Waals surface area contributed by atoms with Crippen molar-refractivity contribution in [2.75, 3.05) is 68.5 Å². The van der Waals surface area contributed by atoms with E-state index in [1.165, 1.54) is 13.2 Å². The number of amides is 1. The molecule has 1 aromatic heterocycles. The summed E-state index contributed by atoms with van der Waals surface area (Å²) in [6.45, 7) is 4.17.